The summed E-state index contributed by atoms with van der Waals surface area (Å²) >= 11 is 0. The van der Waals surface area contributed by atoms with Gasteiger partial charge in [0.25, 0.3) is 5.91 Å². The fourth-order valence-electron chi connectivity index (χ4n) is 9.89. The quantitative estimate of drug-likeness (QED) is 0.155. The molecule has 0 aliphatic carbocycles. The Morgan fingerprint density at radius 2 is 1.65 bits per heavy atom. The summed E-state index contributed by atoms with van der Waals surface area (Å²) < 4.78 is 19.1. The van der Waals surface area contributed by atoms with Gasteiger partial charge in [-0.3, -0.25) is 24.6 Å². The van der Waals surface area contributed by atoms with Crippen LogP contribution >= 0.6 is 0 Å². The first-order chi connectivity index (χ1) is 24.8. The Labute approximate surface area is 299 Å². The van der Waals surface area contributed by atoms with Crippen molar-refractivity contribution in [3.63, 3.8) is 0 Å². The van der Waals surface area contributed by atoms with Gasteiger partial charge < -0.3 is 14.6 Å². The highest BCUT2D eigenvalue weighted by molar-refractivity contribution is 6.14. The molecule has 5 atom stereocenters. The number of rotatable bonds is 9. The molecule has 0 aromatic carbocycles. The van der Waals surface area contributed by atoms with Crippen LogP contribution in [0.4, 0.5) is 4.79 Å². The van der Waals surface area contributed by atoms with Gasteiger partial charge in [0.15, 0.2) is 22.9 Å². The first-order valence-electron chi connectivity index (χ1n) is 17.9. The SMILES string of the molecule is CCOC(=O)NNC(=O)c1cc2n3c1C(CC(=O)OC)=C1[C@@H](CCC(=O)O)[C@H](C)C4=[N+]1[C@@]31n3c(c(C)c(C(C)=O)c3=CC3=[N+]1C(=C2)[C@H](CC)[C@H]3C)=C4. The lowest BCUT2D eigenvalue weighted by Crippen LogP contribution is -2.70. The monoisotopic (exact) mass is 710 g/mol. The van der Waals surface area contributed by atoms with E-state index in [-0.39, 0.29) is 60.9 Å². The molecule has 3 N–H and O–H groups in total. The van der Waals surface area contributed by atoms with Gasteiger partial charge >= 0.3 is 23.9 Å². The second-order valence-electron chi connectivity index (χ2n) is 14.4. The average molecular weight is 711 g/mol. The van der Waals surface area contributed by atoms with E-state index in [1.807, 2.05) is 6.92 Å². The first-order valence-corrected chi connectivity index (χ1v) is 17.9. The highest BCUT2D eigenvalue weighted by Gasteiger charge is 2.75. The molecule has 0 saturated heterocycles. The zero-order valence-electron chi connectivity index (χ0n) is 30.2. The lowest BCUT2D eigenvalue weighted by molar-refractivity contribution is -0.838. The van der Waals surface area contributed by atoms with Gasteiger partial charge in [-0.1, -0.05) is 29.9 Å². The predicted octanol–water partition coefficient (Wildman–Crippen LogP) is 2.25. The molecule has 0 saturated carbocycles. The highest BCUT2D eigenvalue weighted by atomic mass is 16.6. The number of ketones is 1. The summed E-state index contributed by atoms with van der Waals surface area (Å²) in [7, 11) is 1.31. The number of esters is 1. The fourth-order valence-corrected chi connectivity index (χ4v) is 9.89. The van der Waals surface area contributed by atoms with Crippen molar-refractivity contribution in [1.82, 2.24) is 20.0 Å². The molecular weight excluding hydrogens is 668 g/mol. The van der Waals surface area contributed by atoms with E-state index in [9.17, 15) is 29.1 Å². The molecule has 14 heteroatoms. The minimum atomic E-state index is -1.24. The summed E-state index contributed by atoms with van der Waals surface area (Å²) in [5.41, 5.74) is 11.9. The number of carbonyl (C=O) groups is 5. The van der Waals surface area contributed by atoms with Crippen molar-refractivity contribution in [3.8, 4) is 0 Å². The molecule has 0 bridgehead atoms. The van der Waals surface area contributed by atoms with Crippen LogP contribution in [0, 0.1) is 30.6 Å². The van der Waals surface area contributed by atoms with Crippen molar-refractivity contribution in [2.75, 3.05) is 13.7 Å². The predicted molar refractivity (Wildman–Crippen MR) is 187 cm³/mol. The van der Waals surface area contributed by atoms with Gasteiger partial charge in [0.05, 0.1) is 77.0 Å². The van der Waals surface area contributed by atoms with Gasteiger partial charge in [-0.05, 0) is 45.2 Å². The summed E-state index contributed by atoms with van der Waals surface area (Å²) in [5.74, 6) is -3.79. The number of carbonyl (C=O) groups excluding carboxylic acids is 4. The van der Waals surface area contributed by atoms with Crippen molar-refractivity contribution in [2.24, 2.45) is 23.7 Å². The zero-order chi connectivity index (χ0) is 37.1. The average Bonchev–Trinajstić information content (AvgIpc) is 3.80. The largest absolute Gasteiger partial charge is 0.552 e. The maximum Gasteiger partial charge on any atom is 0.552 e. The molecule has 6 aliphatic heterocycles. The molecule has 0 unspecified atom stereocenters. The van der Waals surface area contributed by atoms with E-state index in [0.717, 1.165) is 45.5 Å². The molecule has 8 heterocycles. The summed E-state index contributed by atoms with van der Waals surface area (Å²) in [6, 6.07) is 1.78. The summed E-state index contributed by atoms with van der Waals surface area (Å²) in [4.78, 5) is 65.6. The number of nitrogens with one attached hydrogen (secondary N) is 2. The van der Waals surface area contributed by atoms with Gasteiger partial charge in [-0.15, -0.1) is 0 Å². The highest BCUT2D eigenvalue weighted by Crippen LogP contribution is 2.55. The molecule has 52 heavy (non-hydrogen) atoms. The lowest BCUT2D eigenvalue weighted by Gasteiger charge is -2.39. The van der Waals surface area contributed by atoms with Crippen LogP contribution in [0.15, 0.2) is 17.5 Å². The van der Waals surface area contributed by atoms with Crippen LogP contribution in [0.25, 0.3) is 23.8 Å². The molecule has 0 fully saturated rings. The van der Waals surface area contributed by atoms with E-state index in [2.05, 4.69) is 68.1 Å². The normalized spacial score (nSPS) is 25.2. The fraction of sp³-hybridized carbons (Fsp3) is 0.447. The van der Waals surface area contributed by atoms with Crippen molar-refractivity contribution >= 4 is 64.9 Å². The van der Waals surface area contributed by atoms with Gasteiger partial charge in [-0.25, -0.2) is 10.2 Å². The van der Waals surface area contributed by atoms with Gasteiger partial charge in [0.1, 0.15) is 0 Å². The maximum absolute atomic E-state index is 14.3. The molecule has 6 aliphatic rings. The number of methoxy groups -OCH3 is 1. The first kappa shape index (κ1) is 33.6. The van der Waals surface area contributed by atoms with Gasteiger partial charge in [0, 0.05) is 30.2 Å². The van der Waals surface area contributed by atoms with Crippen LogP contribution in [-0.2, 0) is 25.0 Å². The number of ether oxygens (including phenoxy) is 2. The number of allylic oxidation sites excluding steroid dienone is 2. The third kappa shape index (κ3) is 4.08. The number of carboxylic acids is 1. The second-order valence-corrected chi connectivity index (χ2v) is 14.4. The van der Waals surface area contributed by atoms with E-state index in [1.165, 1.54) is 7.11 Å². The minimum Gasteiger partial charge on any atom is -0.481 e. The Hall–Kier alpha value is -5.53. The van der Waals surface area contributed by atoms with E-state index >= 15 is 0 Å². The van der Waals surface area contributed by atoms with E-state index < -0.39 is 29.8 Å². The molecule has 2 aromatic rings. The Morgan fingerprint density at radius 3 is 2.31 bits per heavy atom. The van der Waals surface area contributed by atoms with E-state index in [0.29, 0.717) is 22.5 Å². The number of aromatic nitrogens is 2. The van der Waals surface area contributed by atoms with Crippen LogP contribution in [-0.4, -0.2) is 78.3 Å². The van der Waals surface area contributed by atoms with Crippen molar-refractivity contribution in [3.05, 3.63) is 56.2 Å². The molecule has 2 amide bonds. The number of hydrogen-bond acceptors (Lipinski definition) is 7. The topological polar surface area (TPSA) is 164 Å². The molecule has 1 spiro atoms. The third-order valence-corrected chi connectivity index (χ3v) is 11.9. The molecule has 8 rings (SSSR count). The Balaban J connectivity index is 1.55. The van der Waals surface area contributed by atoms with Crippen LogP contribution in [0.5, 0.6) is 0 Å². The van der Waals surface area contributed by atoms with Crippen LogP contribution in [0.3, 0.4) is 0 Å². The molecule has 0 radical (unpaired) electrons. The van der Waals surface area contributed by atoms with Gasteiger partial charge in [0.2, 0.25) is 5.70 Å². The Kier molecular flexibility index (Phi) is 7.42. The van der Waals surface area contributed by atoms with Crippen LogP contribution in [0.1, 0.15) is 98.0 Å². The number of hydrazine groups is 1. The smallest absolute Gasteiger partial charge is 0.481 e. The third-order valence-electron chi connectivity index (χ3n) is 11.9. The van der Waals surface area contributed by atoms with Gasteiger partial charge in [-0.2, -0.15) is 9.13 Å². The number of hydrogen-bond donors (Lipinski definition) is 3. The van der Waals surface area contributed by atoms with Crippen molar-refractivity contribution in [1.29, 1.82) is 0 Å². The summed E-state index contributed by atoms with van der Waals surface area (Å²) in [5, 5.41) is 11.5. The van der Waals surface area contributed by atoms with E-state index in [4.69, 9.17) is 9.47 Å². The van der Waals surface area contributed by atoms with Crippen LogP contribution < -0.4 is 21.5 Å². The maximum atomic E-state index is 14.3. The number of carboxylic acid groups (broad SMARTS) is 1. The molecule has 14 nitrogen and oxygen atoms in total. The second kappa shape index (κ2) is 11.5. The van der Waals surface area contributed by atoms with Crippen molar-refractivity contribution in [2.45, 2.75) is 73.1 Å². The van der Waals surface area contributed by atoms with Crippen molar-refractivity contribution < 1.29 is 47.7 Å². The summed E-state index contributed by atoms with van der Waals surface area (Å²) in [6.45, 7) is 11.7. The van der Waals surface area contributed by atoms with E-state index in [1.54, 1.807) is 19.9 Å². The summed E-state index contributed by atoms with van der Waals surface area (Å²) in [6.07, 6.45) is 6.31. The Bertz CT molecular complexity index is 2350. The lowest BCUT2D eigenvalue weighted by atomic mass is 9.83. The molecular formula is C38H42N6O8+2. The Morgan fingerprint density at radius 1 is 0.962 bits per heavy atom. The molecule has 2 aromatic heterocycles. The zero-order valence-corrected chi connectivity index (χ0v) is 30.2. The number of Topliss-reactive ketones (excluding diaryl/α,β-unsaturated/α-hetero) is 1. The standard InChI is InChI=1S/C38H40N6O8/c1-8-22-17(3)26-16-30-33(20(6)45)19(5)28-15-27-18(4)23(10-11-31(46)47)34-24(14-32(48)51-7)35-25(36(49)39-40-37(50)52-9-2)12-21-13-29(22)42(26)38(41(21)35,43(28)30)44(27)34/h12-13,15-18,22-23H,8-11,14H2,1-7H3,(H,46,47)/p+2/t17-,18+,22-,23+,38+/m1/s1. The molecule has 270 valence electrons. The number of aliphatic carboxylic acids is 1. The number of nitrogens with zero attached hydrogens (tertiary/aromatic N) is 4. The van der Waals surface area contributed by atoms with Crippen LogP contribution in [0.2, 0.25) is 0 Å². The number of amides is 2. The minimum absolute atomic E-state index is 0.0673.